The number of rotatable bonds is 2. The quantitative estimate of drug-likeness (QED) is 0.864. The lowest BCUT2D eigenvalue weighted by molar-refractivity contribution is 0.475. The lowest BCUT2D eigenvalue weighted by atomic mass is 9.84. The molecule has 1 aromatic carbocycles. The number of aromatic nitrogens is 1. The van der Waals surface area contributed by atoms with E-state index in [0.717, 1.165) is 5.92 Å². The molecule has 1 aromatic heterocycles. The fourth-order valence-electron chi connectivity index (χ4n) is 3.64. The first-order valence-corrected chi connectivity index (χ1v) is 7.14. The van der Waals surface area contributed by atoms with E-state index in [1.54, 1.807) is 5.56 Å². The van der Waals surface area contributed by atoms with Gasteiger partial charge < -0.3 is 15.6 Å². The van der Waals surface area contributed by atoms with Crippen LogP contribution in [0.5, 0.6) is 0 Å². The Labute approximate surface area is 113 Å². The van der Waals surface area contributed by atoms with Crippen molar-refractivity contribution in [3.8, 4) is 0 Å². The van der Waals surface area contributed by atoms with Crippen LogP contribution in [0.25, 0.3) is 17.0 Å². The number of piperidine rings is 1. The molecule has 1 fully saturated rings. The summed E-state index contributed by atoms with van der Waals surface area (Å²) in [6, 6.07) is 6.57. The van der Waals surface area contributed by atoms with Gasteiger partial charge in [-0.25, -0.2) is 0 Å². The Kier molecular flexibility index (Phi) is 2.42. The van der Waals surface area contributed by atoms with Crippen molar-refractivity contribution in [2.45, 2.75) is 18.8 Å². The smallest absolute Gasteiger partial charge is 0.110 e. The second-order valence-corrected chi connectivity index (χ2v) is 5.56. The van der Waals surface area contributed by atoms with E-state index in [2.05, 4.69) is 34.2 Å². The Balaban J connectivity index is 1.96. The largest absolute Gasteiger partial charge is 0.358 e. The van der Waals surface area contributed by atoms with Crippen molar-refractivity contribution in [1.29, 1.82) is 0 Å². The number of H-pyrrole nitrogens is 1. The molecule has 2 bridgehead atoms. The SMILES string of the molecule is NC/C=C/c1cccc2c3c([nH]c12)N1CCC3CC1. The summed E-state index contributed by atoms with van der Waals surface area (Å²) in [5, 5.41) is 1.41. The molecule has 98 valence electrons. The van der Waals surface area contributed by atoms with Crippen molar-refractivity contribution in [3.63, 3.8) is 0 Å². The van der Waals surface area contributed by atoms with E-state index in [4.69, 9.17) is 5.73 Å². The first-order chi connectivity index (χ1) is 9.38. The van der Waals surface area contributed by atoms with Gasteiger partial charge in [0.25, 0.3) is 0 Å². The summed E-state index contributed by atoms with van der Waals surface area (Å²) in [4.78, 5) is 6.16. The number of aromatic amines is 1. The van der Waals surface area contributed by atoms with Crippen molar-refractivity contribution in [2.75, 3.05) is 24.5 Å². The van der Waals surface area contributed by atoms with Crippen LogP contribution in [0.4, 0.5) is 5.82 Å². The second-order valence-electron chi connectivity index (χ2n) is 5.56. The van der Waals surface area contributed by atoms with E-state index in [0.29, 0.717) is 6.54 Å². The number of nitrogens with two attached hydrogens (primary N) is 1. The van der Waals surface area contributed by atoms with Crippen LogP contribution in [0.1, 0.15) is 29.9 Å². The molecular formula is C16H19N3. The summed E-state index contributed by atoms with van der Waals surface area (Å²) >= 11 is 0. The Morgan fingerprint density at radius 1 is 1.32 bits per heavy atom. The average molecular weight is 253 g/mol. The Hall–Kier alpha value is -1.74. The van der Waals surface area contributed by atoms with Gasteiger partial charge >= 0.3 is 0 Å². The van der Waals surface area contributed by atoms with Crippen LogP contribution in [0.15, 0.2) is 24.3 Å². The van der Waals surface area contributed by atoms with Gasteiger partial charge in [-0.2, -0.15) is 0 Å². The van der Waals surface area contributed by atoms with Crippen LogP contribution < -0.4 is 10.6 Å². The highest BCUT2D eigenvalue weighted by Crippen LogP contribution is 2.46. The van der Waals surface area contributed by atoms with Crippen molar-refractivity contribution in [2.24, 2.45) is 5.73 Å². The van der Waals surface area contributed by atoms with Crippen LogP contribution in [-0.2, 0) is 0 Å². The summed E-state index contributed by atoms with van der Waals surface area (Å²) < 4.78 is 0. The van der Waals surface area contributed by atoms with E-state index in [9.17, 15) is 0 Å². The minimum Gasteiger partial charge on any atom is -0.358 e. The third-order valence-electron chi connectivity index (χ3n) is 4.54. The van der Waals surface area contributed by atoms with Gasteiger partial charge in [-0.05, 0) is 24.3 Å². The molecular weight excluding hydrogens is 234 g/mol. The predicted octanol–water partition coefficient (Wildman–Crippen LogP) is 2.84. The van der Waals surface area contributed by atoms with Gasteiger partial charge in [0.1, 0.15) is 5.82 Å². The molecule has 1 saturated heterocycles. The molecule has 0 atom stereocenters. The lowest BCUT2D eigenvalue weighted by Crippen LogP contribution is -2.38. The predicted molar refractivity (Wildman–Crippen MR) is 80.6 cm³/mol. The maximum absolute atomic E-state index is 5.57. The highest BCUT2D eigenvalue weighted by molar-refractivity contribution is 5.95. The summed E-state index contributed by atoms with van der Waals surface area (Å²) in [7, 11) is 0. The molecule has 0 saturated carbocycles. The molecule has 3 aliphatic heterocycles. The first-order valence-electron chi connectivity index (χ1n) is 7.14. The normalized spacial score (nSPS) is 18.7. The molecule has 0 aliphatic carbocycles. The zero-order valence-corrected chi connectivity index (χ0v) is 11.0. The van der Waals surface area contributed by atoms with Crippen LogP contribution in [0.3, 0.4) is 0 Å². The van der Waals surface area contributed by atoms with Crippen molar-refractivity contribution < 1.29 is 0 Å². The first kappa shape index (κ1) is 11.1. The van der Waals surface area contributed by atoms with Crippen molar-refractivity contribution in [3.05, 3.63) is 35.4 Å². The third-order valence-corrected chi connectivity index (χ3v) is 4.54. The van der Waals surface area contributed by atoms with E-state index < -0.39 is 0 Å². The van der Waals surface area contributed by atoms with E-state index in [-0.39, 0.29) is 0 Å². The Bertz CT molecular complexity index is 645. The van der Waals surface area contributed by atoms with Crippen LogP contribution in [-0.4, -0.2) is 24.6 Å². The standard InChI is InChI=1S/C16H19N3/c17-8-2-4-12-3-1-5-13-14-11-6-9-19(10-7-11)16(14)18-15(12)13/h1-5,11,18H,6-10,17H2/b4-2+. The topological polar surface area (TPSA) is 45.1 Å². The zero-order chi connectivity index (χ0) is 12.8. The number of anilines is 1. The molecule has 19 heavy (non-hydrogen) atoms. The highest BCUT2D eigenvalue weighted by Gasteiger charge is 2.33. The summed E-state index contributed by atoms with van der Waals surface area (Å²) in [5.41, 5.74) is 9.64. The molecule has 3 nitrogen and oxygen atoms in total. The number of fused-ring (bicyclic) bond motifs is 3. The van der Waals surface area contributed by atoms with Crippen LogP contribution in [0.2, 0.25) is 0 Å². The number of nitrogens with one attached hydrogen (secondary N) is 1. The molecule has 2 aromatic rings. The van der Waals surface area contributed by atoms with Gasteiger partial charge in [-0.15, -0.1) is 0 Å². The van der Waals surface area contributed by atoms with Gasteiger partial charge in [-0.1, -0.05) is 30.4 Å². The molecule has 0 radical (unpaired) electrons. The third kappa shape index (κ3) is 1.55. The van der Waals surface area contributed by atoms with E-state index in [1.165, 1.54) is 48.2 Å². The van der Waals surface area contributed by atoms with Gasteiger partial charge in [0.15, 0.2) is 0 Å². The highest BCUT2D eigenvalue weighted by atomic mass is 15.2. The van der Waals surface area contributed by atoms with Gasteiger partial charge in [-0.3, -0.25) is 0 Å². The molecule has 0 amide bonds. The number of benzene rings is 1. The Morgan fingerprint density at radius 3 is 2.95 bits per heavy atom. The number of hydrogen-bond acceptors (Lipinski definition) is 2. The molecule has 5 rings (SSSR count). The summed E-state index contributed by atoms with van der Waals surface area (Å²) in [6.07, 6.45) is 6.76. The molecule has 4 heterocycles. The summed E-state index contributed by atoms with van der Waals surface area (Å²) in [6.45, 7) is 3.00. The fourth-order valence-corrected chi connectivity index (χ4v) is 3.64. The van der Waals surface area contributed by atoms with E-state index in [1.807, 2.05) is 6.08 Å². The monoisotopic (exact) mass is 253 g/mol. The number of hydrogen-bond donors (Lipinski definition) is 2. The number of nitrogens with zero attached hydrogens (tertiary/aromatic N) is 1. The molecule has 0 spiro atoms. The fraction of sp³-hybridized carbons (Fsp3) is 0.375. The Morgan fingerprint density at radius 2 is 2.16 bits per heavy atom. The number of para-hydroxylation sites is 1. The maximum Gasteiger partial charge on any atom is 0.110 e. The van der Waals surface area contributed by atoms with Crippen LogP contribution >= 0.6 is 0 Å². The molecule has 3 heteroatoms. The zero-order valence-electron chi connectivity index (χ0n) is 11.0. The van der Waals surface area contributed by atoms with Crippen molar-refractivity contribution >= 4 is 22.8 Å². The molecule has 3 N–H and O–H groups in total. The van der Waals surface area contributed by atoms with E-state index >= 15 is 0 Å². The second kappa shape index (κ2) is 4.14. The van der Waals surface area contributed by atoms with Gasteiger partial charge in [0.05, 0.1) is 5.52 Å². The lowest BCUT2D eigenvalue weighted by Gasteiger charge is -2.40. The average Bonchev–Trinajstić information content (AvgIpc) is 2.88. The van der Waals surface area contributed by atoms with Crippen molar-refractivity contribution in [1.82, 2.24) is 4.98 Å². The molecule has 3 aliphatic rings. The minimum absolute atomic E-state index is 0.589. The summed E-state index contributed by atoms with van der Waals surface area (Å²) in [5.74, 6) is 2.12. The minimum atomic E-state index is 0.589. The van der Waals surface area contributed by atoms with Gasteiger partial charge in [0.2, 0.25) is 0 Å². The molecule has 0 unspecified atom stereocenters. The maximum atomic E-state index is 5.57. The van der Waals surface area contributed by atoms with Crippen LogP contribution in [0, 0.1) is 0 Å². The van der Waals surface area contributed by atoms with Gasteiger partial charge in [0, 0.05) is 30.6 Å².